The summed E-state index contributed by atoms with van der Waals surface area (Å²) in [6, 6.07) is 0. The molecule has 0 aliphatic rings. The van der Waals surface area contributed by atoms with E-state index in [1.807, 2.05) is 0 Å². The van der Waals surface area contributed by atoms with Crippen molar-refractivity contribution in [3.8, 4) is 0 Å². The van der Waals surface area contributed by atoms with Gasteiger partial charge in [-0.25, -0.2) is 5.01 Å². The average molecular weight is 102 g/mol. The molecule has 40 valence electrons. The Morgan fingerprint density at radius 2 is 2.43 bits per heavy atom. The lowest BCUT2D eigenvalue weighted by Gasteiger charge is -2.00. The number of guanidine groups is 1. The minimum absolute atomic E-state index is 0.352. The predicted molar refractivity (Wildman–Crippen MR) is 25.5 cm³/mol. The van der Waals surface area contributed by atoms with Crippen molar-refractivity contribution in [2.75, 3.05) is 7.05 Å². The van der Waals surface area contributed by atoms with Gasteiger partial charge in [0.25, 0.3) is 0 Å². The molecule has 0 radical (unpaired) electrons. The Hall–Kier alpha value is -1.13. The Morgan fingerprint density at radius 3 is 2.43 bits per heavy atom. The van der Waals surface area contributed by atoms with Gasteiger partial charge in [-0.1, -0.05) is 0 Å². The lowest BCUT2D eigenvalue weighted by Crippen LogP contribution is -2.27. The molecule has 0 aromatic rings. The minimum Gasteiger partial charge on any atom is -0.368 e. The van der Waals surface area contributed by atoms with Crippen molar-refractivity contribution in [3.05, 3.63) is 4.91 Å². The monoisotopic (exact) mass is 102 g/mol. The maximum Gasteiger partial charge on any atom is 0.211 e. The zero-order valence-electron chi connectivity index (χ0n) is 3.88. The van der Waals surface area contributed by atoms with E-state index in [0.29, 0.717) is 0 Å². The Morgan fingerprint density at radius 1 is 2.00 bits per heavy atom. The van der Waals surface area contributed by atoms with Crippen molar-refractivity contribution < 1.29 is 0 Å². The Kier molecular flexibility index (Phi) is 1.78. The first-order valence-corrected chi connectivity index (χ1v) is 1.59. The topological polar surface area (TPSA) is 82.5 Å². The Labute approximate surface area is 40.6 Å². The van der Waals surface area contributed by atoms with Crippen molar-refractivity contribution in [1.82, 2.24) is 5.01 Å². The molecule has 0 saturated heterocycles. The number of nitrogens with zero attached hydrogens (tertiary/aromatic N) is 2. The standard InChI is InChI=1S/C2H6N4O/c1-6(5-7)2(3)4/h1H3,(H3,3,4). The van der Waals surface area contributed by atoms with E-state index in [4.69, 9.17) is 11.1 Å². The molecule has 0 fully saturated rings. The van der Waals surface area contributed by atoms with Crippen LogP contribution >= 0.6 is 0 Å². The molecule has 0 aliphatic carbocycles. The summed E-state index contributed by atoms with van der Waals surface area (Å²) in [5.74, 6) is -0.352. The zero-order chi connectivity index (χ0) is 5.86. The van der Waals surface area contributed by atoms with E-state index >= 15 is 0 Å². The Balaban J connectivity index is 3.55. The van der Waals surface area contributed by atoms with Crippen molar-refractivity contribution in [2.24, 2.45) is 11.0 Å². The first-order chi connectivity index (χ1) is 3.18. The third-order valence-corrected chi connectivity index (χ3v) is 0.471. The van der Waals surface area contributed by atoms with Crippen LogP contribution in [-0.4, -0.2) is 18.0 Å². The van der Waals surface area contributed by atoms with Gasteiger partial charge in [-0.05, 0) is 0 Å². The lowest BCUT2D eigenvalue weighted by molar-refractivity contribution is 0.526. The highest BCUT2D eigenvalue weighted by Gasteiger charge is 1.92. The number of nitrogens with one attached hydrogen (secondary N) is 1. The molecule has 0 saturated carbocycles. The van der Waals surface area contributed by atoms with Crippen LogP contribution in [0.4, 0.5) is 0 Å². The van der Waals surface area contributed by atoms with E-state index in [1.54, 1.807) is 0 Å². The van der Waals surface area contributed by atoms with E-state index in [9.17, 15) is 4.91 Å². The molecule has 0 rings (SSSR count). The van der Waals surface area contributed by atoms with Gasteiger partial charge >= 0.3 is 0 Å². The molecule has 3 N–H and O–H groups in total. The highest BCUT2D eigenvalue weighted by molar-refractivity contribution is 5.73. The first-order valence-electron chi connectivity index (χ1n) is 1.59. The van der Waals surface area contributed by atoms with E-state index in [0.717, 1.165) is 5.01 Å². The predicted octanol–water partition coefficient (Wildman–Crippen LogP) is -0.507. The van der Waals surface area contributed by atoms with Crippen molar-refractivity contribution in [3.63, 3.8) is 0 Å². The highest BCUT2D eigenvalue weighted by atomic mass is 16.3. The second-order valence-corrected chi connectivity index (χ2v) is 0.990. The van der Waals surface area contributed by atoms with Crippen LogP contribution in [0.25, 0.3) is 0 Å². The molecule has 0 aliphatic heterocycles. The van der Waals surface area contributed by atoms with E-state index in [1.165, 1.54) is 7.05 Å². The summed E-state index contributed by atoms with van der Waals surface area (Å²) >= 11 is 0. The first kappa shape index (κ1) is 5.87. The summed E-state index contributed by atoms with van der Waals surface area (Å²) in [6.45, 7) is 0. The molecular weight excluding hydrogens is 96.0 g/mol. The van der Waals surface area contributed by atoms with Crippen LogP contribution in [0.15, 0.2) is 5.29 Å². The molecule has 5 nitrogen and oxygen atoms in total. The second-order valence-electron chi connectivity index (χ2n) is 0.990. The normalized spacial score (nSPS) is 7.57. The maximum atomic E-state index is 9.40. The summed E-state index contributed by atoms with van der Waals surface area (Å²) in [5, 5.41) is 9.55. The van der Waals surface area contributed by atoms with Gasteiger partial charge in [0.05, 0.1) is 5.29 Å². The van der Waals surface area contributed by atoms with Crippen LogP contribution in [0.1, 0.15) is 0 Å². The Bertz CT molecular complexity index is 89.7. The zero-order valence-corrected chi connectivity index (χ0v) is 3.88. The van der Waals surface area contributed by atoms with Crippen LogP contribution in [0.3, 0.4) is 0 Å². The molecule has 0 amide bonds. The maximum absolute atomic E-state index is 9.40. The van der Waals surface area contributed by atoms with Gasteiger partial charge in [-0.3, -0.25) is 5.41 Å². The van der Waals surface area contributed by atoms with Crippen LogP contribution in [0, 0.1) is 10.3 Å². The molecule has 0 unspecified atom stereocenters. The fraction of sp³-hybridized carbons (Fsp3) is 0.500. The van der Waals surface area contributed by atoms with E-state index in [2.05, 4.69) is 5.29 Å². The third kappa shape index (κ3) is 1.69. The number of hydrogen-bond acceptors (Lipinski definition) is 3. The fourth-order valence-electron chi connectivity index (χ4n) is 0.0440. The van der Waals surface area contributed by atoms with Gasteiger partial charge in [0, 0.05) is 7.05 Å². The van der Waals surface area contributed by atoms with Crippen LogP contribution in [-0.2, 0) is 0 Å². The van der Waals surface area contributed by atoms with Gasteiger partial charge in [0.1, 0.15) is 0 Å². The summed E-state index contributed by atoms with van der Waals surface area (Å²) in [4.78, 5) is 9.40. The summed E-state index contributed by atoms with van der Waals surface area (Å²) in [5.41, 5.74) is 4.76. The molecule has 0 atom stereocenters. The number of nitroso groups, excluding NO2 is 1. The lowest BCUT2D eigenvalue weighted by atomic mass is 11.0. The molecule has 7 heavy (non-hydrogen) atoms. The quantitative estimate of drug-likeness (QED) is 0.202. The van der Waals surface area contributed by atoms with Crippen molar-refractivity contribution >= 4 is 5.96 Å². The number of hydrogen-bond donors (Lipinski definition) is 2. The fourth-order valence-corrected chi connectivity index (χ4v) is 0.0440. The van der Waals surface area contributed by atoms with E-state index < -0.39 is 0 Å². The van der Waals surface area contributed by atoms with Crippen LogP contribution in [0.5, 0.6) is 0 Å². The van der Waals surface area contributed by atoms with Crippen LogP contribution < -0.4 is 5.73 Å². The summed E-state index contributed by atoms with van der Waals surface area (Å²) in [6.07, 6.45) is 0. The number of nitrogens with two attached hydrogens (primary N) is 1. The number of rotatable bonds is 1. The van der Waals surface area contributed by atoms with E-state index in [-0.39, 0.29) is 5.96 Å². The molecule has 0 heterocycles. The molecular formula is C2H6N4O. The summed E-state index contributed by atoms with van der Waals surface area (Å²) in [7, 11) is 1.30. The third-order valence-electron chi connectivity index (χ3n) is 0.471. The van der Waals surface area contributed by atoms with Crippen LogP contribution in [0.2, 0.25) is 0 Å². The second kappa shape index (κ2) is 2.12. The van der Waals surface area contributed by atoms with Gasteiger partial charge < -0.3 is 5.73 Å². The highest BCUT2D eigenvalue weighted by Crippen LogP contribution is 1.74. The van der Waals surface area contributed by atoms with Crippen molar-refractivity contribution in [1.29, 1.82) is 5.41 Å². The minimum atomic E-state index is -0.352. The molecule has 0 bridgehead atoms. The SMILES string of the molecule is CN(N=O)C(=N)N. The molecule has 0 aromatic carbocycles. The van der Waals surface area contributed by atoms with Gasteiger partial charge in [-0.2, -0.15) is 0 Å². The van der Waals surface area contributed by atoms with Crippen molar-refractivity contribution in [2.45, 2.75) is 0 Å². The molecule has 5 heteroatoms. The van der Waals surface area contributed by atoms with Gasteiger partial charge in [0.2, 0.25) is 5.96 Å². The molecule has 0 aromatic heterocycles. The average Bonchev–Trinajstić information content (AvgIpc) is 1.65. The van der Waals surface area contributed by atoms with Gasteiger partial charge in [0.15, 0.2) is 0 Å². The summed E-state index contributed by atoms with van der Waals surface area (Å²) < 4.78 is 0. The largest absolute Gasteiger partial charge is 0.368 e. The molecule has 0 spiro atoms. The van der Waals surface area contributed by atoms with Gasteiger partial charge in [-0.15, -0.1) is 4.91 Å². The smallest absolute Gasteiger partial charge is 0.211 e.